The largest absolute Gasteiger partial charge is 0.456 e. The summed E-state index contributed by atoms with van der Waals surface area (Å²) in [4.78, 5) is 22.3. The number of rotatable bonds is 3. The average Bonchev–Trinajstić information content (AvgIpc) is 2.69. The second-order valence-electron chi connectivity index (χ2n) is 4.69. The van der Waals surface area contributed by atoms with E-state index in [4.69, 9.17) is 28.4 Å². The normalized spacial score (nSPS) is 40.0. The summed E-state index contributed by atoms with van der Waals surface area (Å²) in [5, 5.41) is 0. The van der Waals surface area contributed by atoms with E-state index >= 15 is 0 Å². The van der Waals surface area contributed by atoms with E-state index in [2.05, 4.69) is 0 Å². The third-order valence-corrected chi connectivity index (χ3v) is 3.05. The molecule has 0 N–H and O–H groups in total. The highest BCUT2D eigenvalue weighted by molar-refractivity contribution is 5.67. The molecule has 2 saturated heterocycles. The van der Waals surface area contributed by atoms with Gasteiger partial charge in [-0.05, 0) is 0 Å². The molecule has 0 amide bonds. The van der Waals surface area contributed by atoms with Crippen LogP contribution in [0.3, 0.4) is 0 Å². The first-order chi connectivity index (χ1) is 9.34. The van der Waals surface area contributed by atoms with Crippen LogP contribution in [0, 0.1) is 0 Å². The van der Waals surface area contributed by atoms with Crippen LogP contribution in [-0.2, 0) is 38.0 Å². The fourth-order valence-electron chi connectivity index (χ4n) is 2.20. The highest BCUT2D eigenvalue weighted by atomic mass is 16.9. The maximum atomic E-state index is 11.2. The molecule has 1 unspecified atom stereocenters. The number of carbonyl (C=O) groups is 2. The summed E-state index contributed by atoms with van der Waals surface area (Å²) in [6.07, 6.45) is -3.05. The molecule has 2 heterocycles. The third-order valence-electron chi connectivity index (χ3n) is 3.05. The van der Waals surface area contributed by atoms with Crippen LogP contribution in [0.2, 0.25) is 0 Å². The Morgan fingerprint density at radius 1 is 1.15 bits per heavy atom. The van der Waals surface area contributed by atoms with E-state index in [0.717, 1.165) is 0 Å². The van der Waals surface area contributed by atoms with Crippen molar-refractivity contribution in [3.05, 3.63) is 0 Å². The van der Waals surface area contributed by atoms with Crippen LogP contribution in [0.15, 0.2) is 0 Å². The zero-order chi connectivity index (χ0) is 14.9. The smallest absolute Gasteiger partial charge is 0.303 e. The third kappa shape index (κ3) is 3.09. The zero-order valence-electron chi connectivity index (χ0n) is 11.8. The van der Waals surface area contributed by atoms with E-state index in [1.54, 1.807) is 6.92 Å². The average molecular weight is 290 g/mol. The minimum atomic E-state index is -1.29. The van der Waals surface area contributed by atoms with E-state index in [1.165, 1.54) is 21.0 Å². The van der Waals surface area contributed by atoms with Gasteiger partial charge in [0.2, 0.25) is 0 Å². The maximum Gasteiger partial charge on any atom is 0.303 e. The first-order valence-electron chi connectivity index (χ1n) is 6.21. The van der Waals surface area contributed by atoms with E-state index in [0.29, 0.717) is 0 Å². The minimum Gasteiger partial charge on any atom is -0.456 e. The monoisotopic (exact) mass is 290 g/mol. The molecule has 8 heteroatoms. The number of carbonyl (C=O) groups excluding carboxylic acids is 2. The van der Waals surface area contributed by atoms with Crippen LogP contribution in [-0.4, -0.2) is 56.2 Å². The molecule has 2 aliphatic heterocycles. The van der Waals surface area contributed by atoms with Gasteiger partial charge < -0.3 is 23.7 Å². The molecule has 0 aromatic carbocycles. The number of fused-ring (bicyclic) bond motifs is 1. The molecule has 0 bridgehead atoms. The number of hydrogen-bond acceptors (Lipinski definition) is 8. The van der Waals surface area contributed by atoms with Crippen molar-refractivity contribution in [1.29, 1.82) is 0 Å². The fourth-order valence-corrected chi connectivity index (χ4v) is 2.20. The molecular weight excluding hydrogens is 272 g/mol. The van der Waals surface area contributed by atoms with Gasteiger partial charge in [0.05, 0.1) is 6.61 Å². The predicted molar refractivity (Wildman–Crippen MR) is 62.2 cm³/mol. The highest BCUT2D eigenvalue weighted by Crippen LogP contribution is 2.36. The van der Waals surface area contributed by atoms with E-state index in [-0.39, 0.29) is 6.61 Å². The van der Waals surface area contributed by atoms with Gasteiger partial charge in [-0.15, -0.1) is 0 Å². The Kier molecular flexibility index (Phi) is 4.28. The number of ether oxygens (including phenoxy) is 6. The molecule has 0 saturated carbocycles. The molecule has 114 valence electrons. The molecule has 0 spiro atoms. The Hall–Kier alpha value is -1.22. The Morgan fingerprint density at radius 2 is 1.80 bits per heavy atom. The number of hydrogen-bond donors (Lipinski definition) is 0. The quantitative estimate of drug-likeness (QED) is 0.668. The van der Waals surface area contributed by atoms with Crippen LogP contribution in [0.1, 0.15) is 20.8 Å². The lowest BCUT2D eigenvalue weighted by atomic mass is 10.1. The van der Waals surface area contributed by atoms with Crippen molar-refractivity contribution in [3.63, 3.8) is 0 Å². The molecular formula is C12H18O8. The van der Waals surface area contributed by atoms with Gasteiger partial charge in [-0.1, -0.05) is 0 Å². The van der Waals surface area contributed by atoms with Gasteiger partial charge in [-0.3, -0.25) is 14.3 Å². The van der Waals surface area contributed by atoms with Gasteiger partial charge in [0.1, 0.15) is 0 Å². The van der Waals surface area contributed by atoms with Gasteiger partial charge in [0.15, 0.2) is 24.6 Å². The minimum absolute atomic E-state index is 0.0435. The van der Waals surface area contributed by atoms with Crippen molar-refractivity contribution in [2.75, 3.05) is 13.7 Å². The molecule has 0 aromatic rings. The Bertz CT molecular complexity index is 397. The van der Waals surface area contributed by atoms with Gasteiger partial charge in [0, 0.05) is 27.9 Å². The molecule has 0 aliphatic carbocycles. The summed E-state index contributed by atoms with van der Waals surface area (Å²) in [5.41, 5.74) is 0. The number of esters is 2. The summed E-state index contributed by atoms with van der Waals surface area (Å²) in [5.74, 6) is -2.30. The van der Waals surface area contributed by atoms with Crippen LogP contribution in [0.4, 0.5) is 0 Å². The molecule has 2 aliphatic rings. The summed E-state index contributed by atoms with van der Waals surface area (Å²) in [7, 11) is 1.42. The van der Waals surface area contributed by atoms with Crippen LogP contribution < -0.4 is 0 Å². The summed E-state index contributed by atoms with van der Waals surface area (Å²) >= 11 is 0. The zero-order valence-corrected chi connectivity index (χ0v) is 11.8. The molecule has 8 nitrogen and oxygen atoms in total. The van der Waals surface area contributed by atoms with Crippen molar-refractivity contribution >= 4 is 11.9 Å². The van der Waals surface area contributed by atoms with E-state index < -0.39 is 42.5 Å². The first-order valence-corrected chi connectivity index (χ1v) is 6.21. The standard InChI is InChI=1S/C12H18O8/c1-6(13)17-8-5-16-11-10(9(8)18-7(2)14)19-12(3,15-4)20-11/h8-11H,5H2,1-4H3/t8-,9+,10+,11+,12?/m1/s1. The van der Waals surface area contributed by atoms with Crippen LogP contribution in [0.5, 0.6) is 0 Å². The van der Waals surface area contributed by atoms with Gasteiger partial charge >= 0.3 is 11.9 Å². The molecule has 20 heavy (non-hydrogen) atoms. The molecule has 5 atom stereocenters. The summed E-state index contributed by atoms with van der Waals surface area (Å²) < 4.78 is 31.9. The maximum absolute atomic E-state index is 11.2. The van der Waals surface area contributed by atoms with E-state index in [1.807, 2.05) is 0 Å². The van der Waals surface area contributed by atoms with E-state index in [9.17, 15) is 9.59 Å². The van der Waals surface area contributed by atoms with Gasteiger partial charge in [-0.2, -0.15) is 0 Å². The predicted octanol–water partition coefficient (Wildman–Crippen LogP) is -0.0584. The van der Waals surface area contributed by atoms with Crippen molar-refractivity contribution < 1.29 is 38.0 Å². The Balaban J connectivity index is 2.16. The second kappa shape index (κ2) is 5.65. The lowest BCUT2D eigenvalue weighted by Gasteiger charge is -2.35. The first kappa shape index (κ1) is 15.2. The topological polar surface area (TPSA) is 89.5 Å². The van der Waals surface area contributed by atoms with Crippen LogP contribution >= 0.6 is 0 Å². The molecule has 0 aromatic heterocycles. The Labute approximate surface area is 116 Å². The van der Waals surface area contributed by atoms with Crippen molar-refractivity contribution in [1.82, 2.24) is 0 Å². The SMILES string of the molecule is COC1(C)O[C@@H]2OC[C@@H](OC(C)=O)[C@H](OC(C)=O)[C@@H]2O1. The highest BCUT2D eigenvalue weighted by Gasteiger charge is 2.56. The second-order valence-corrected chi connectivity index (χ2v) is 4.69. The Morgan fingerprint density at radius 3 is 2.35 bits per heavy atom. The lowest BCUT2D eigenvalue weighted by molar-refractivity contribution is -0.331. The summed E-state index contributed by atoms with van der Waals surface area (Å²) in [6, 6.07) is 0. The van der Waals surface area contributed by atoms with Crippen molar-refractivity contribution in [2.45, 2.75) is 51.3 Å². The van der Waals surface area contributed by atoms with Crippen molar-refractivity contribution in [2.24, 2.45) is 0 Å². The fraction of sp³-hybridized carbons (Fsp3) is 0.833. The molecule has 2 fully saturated rings. The summed E-state index contributed by atoms with van der Waals surface area (Å²) in [6.45, 7) is 4.14. The lowest BCUT2D eigenvalue weighted by Crippen LogP contribution is -2.54. The molecule has 0 radical (unpaired) electrons. The van der Waals surface area contributed by atoms with Gasteiger partial charge in [-0.25, -0.2) is 0 Å². The van der Waals surface area contributed by atoms with Crippen LogP contribution in [0.25, 0.3) is 0 Å². The molecule has 2 rings (SSSR count). The number of methoxy groups -OCH3 is 1. The van der Waals surface area contributed by atoms with Crippen molar-refractivity contribution in [3.8, 4) is 0 Å². The van der Waals surface area contributed by atoms with Gasteiger partial charge in [0.25, 0.3) is 5.97 Å².